The zero-order chi connectivity index (χ0) is 18.0. The highest BCUT2D eigenvalue weighted by atomic mass is 35.6. The minimum absolute atomic E-state index is 0.00518. The number of hydrogen-bond acceptors (Lipinski definition) is 4. The van der Waals surface area contributed by atoms with Crippen molar-refractivity contribution < 1.29 is 23.3 Å². The summed E-state index contributed by atoms with van der Waals surface area (Å²) >= 11 is 17.9. The van der Waals surface area contributed by atoms with E-state index in [1.807, 2.05) is 0 Å². The molecule has 24 heavy (non-hydrogen) atoms. The number of sulfone groups is 1. The van der Waals surface area contributed by atoms with Crippen molar-refractivity contribution in [3.8, 4) is 5.75 Å². The van der Waals surface area contributed by atoms with Gasteiger partial charge in [0.05, 0.1) is 18.4 Å². The fraction of sp³-hybridized carbons (Fsp3) is 0.500. The Bertz CT molecular complexity index is 706. The molecule has 1 saturated heterocycles. The summed E-state index contributed by atoms with van der Waals surface area (Å²) in [4.78, 5) is 12.5. The molecule has 1 aromatic rings. The molecule has 0 unspecified atom stereocenters. The highest BCUT2D eigenvalue weighted by molar-refractivity contribution is 7.91. The number of amides is 1. The quantitative estimate of drug-likeness (QED) is 0.551. The van der Waals surface area contributed by atoms with Crippen LogP contribution in [-0.2, 0) is 9.84 Å². The van der Waals surface area contributed by atoms with E-state index in [4.69, 9.17) is 39.5 Å². The second-order valence-corrected chi connectivity index (χ2v) is 10.1. The maximum absolute atomic E-state index is 12.5. The maximum Gasteiger partial charge on any atom is 0.262 e. The molecule has 2 rings (SSSR count). The Labute approximate surface area is 155 Å². The van der Waals surface area contributed by atoms with Crippen LogP contribution in [0.5, 0.6) is 5.75 Å². The van der Waals surface area contributed by atoms with Gasteiger partial charge in [0.15, 0.2) is 9.84 Å². The van der Waals surface area contributed by atoms with Crippen LogP contribution in [0.15, 0.2) is 24.3 Å². The summed E-state index contributed by atoms with van der Waals surface area (Å²) in [5.41, 5.74) is 0.298. The Balaban J connectivity index is 2.13. The lowest BCUT2D eigenvalue weighted by atomic mass is 10.2. The summed E-state index contributed by atoms with van der Waals surface area (Å²) in [6.45, 7) is 0. The van der Waals surface area contributed by atoms with Gasteiger partial charge < -0.3 is 10.1 Å². The maximum atomic E-state index is 12.5. The minimum Gasteiger partial charge on any atom is -0.496 e. The van der Waals surface area contributed by atoms with E-state index in [0.717, 1.165) is 0 Å². The van der Waals surface area contributed by atoms with Gasteiger partial charge in [-0.15, -0.1) is 0 Å². The average Bonchev–Trinajstić information content (AvgIpc) is 2.84. The van der Waals surface area contributed by atoms with Crippen LogP contribution in [0.3, 0.4) is 0 Å². The van der Waals surface area contributed by atoms with E-state index in [2.05, 4.69) is 5.32 Å². The number of halogens is 3. The third-order valence-corrected chi connectivity index (χ3v) is 6.22. The number of rotatable bonds is 5. The van der Waals surface area contributed by atoms with Gasteiger partial charge in [-0.05, 0) is 12.1 Å². The Morgan fingerprint density at radius 2 is 2.04 bits per heavy atom. The summed E-state index contributed by atoms with van der Waals surface area (Å²) in [5, 5.41) is 4.23. The number of nitrogens with one attached hydrogen (secondary N) is 1. The second-order valence-electron chi connectivity index (χ2n) is 5.55. The number of benzene rings is 1. The van der Waals surface area contributed by atoms with Crippen LogP contribution in [0.25, 0.3) is 0 Å². The molecular weight excluding hydrogens is 399 g/mol. The van der Waals surface area contributed by atoms with Crippen molar-refractivity contribution in [2.45, 2.75) is 22.4 Å². The van der Waals surface area contributed by atoms with E-state index in [0.29, 0.717) is 17.7 Å². The SMILES string of the molecule is COc1ccccc1C(=O)N[C@H]([NH2+][C@H]1CCS(=O)(=O)C1)C(Cl)(Cl)Cl. The van der Waals surface area contributed by atoms with Gasteiger partial charge in [0.1, 0.15) is 17.5 Å². The lowest BCUT2D eigenvalue weighted by Gasteiger charge is -2.26. The molecule has 1 amide bonds. The van der Waals surface area contributed by atoms with E-state index in [9.17, 15) is 13.2 Å². The van der Waals surface area contributed by atoms with Crippen molar-refractivity contribution in [2.75, 3.05) is 18.6 Å². The molecule has 0 aromatic heterocycles. The largest absolute Gasteiger partial charge is 0.496 e. The van der Waals surface area contributed by atoms with Gasteiger partial charge in [-0.3, -0.25) is 10.1 Å². The molecule has 0 aliphatic carbocycles. The highest BCUT2D eigenvalue weighted by Crippen LogP contribution is 2.28. The molecule has 0 radical (unpaired) electrons. The van der Waals surface area contributed by atoms with Crippen molar-refractivity contribution in [3.63, 3.8) is 0 Å². The second kappa shape index (κ2) is 7.66. The van der Waals surface area contributed by atoms with Gasteiger partial charge in [0, 0.05) is 6.42 Å². The number of ether oxygens (including phenoxy) is 1. The number of hydrogen-bond donors (Lipinski definition) is 2. The number of carbonyl (C=O) groups excluding carboxylic acids is 1. The van der Waals surface area contributed by atoms with Gasteiger partial charge >= 0.3 is 0 Å². The van der Waals surface area contributed by atoms with Gasteiger partial charge in [-0.1, -0.05) is 46.9 Å². The molecule has 10 heteroatoms. The standard InChI is InChI=1S/C14H17Cl3N2O4S/c1-23-11-5-3-2-4-10(11)12(20)19-13(14(15,16)17)18-9-6-7-24(21,22)8-9/h2-5,9,13,18H,6-8H2,1H3,(H,19,20)/p+1/t9-,13-/m0/s1. The Hall–Kier alpha value is -0.730. The Morgan fingerprint density at radius 1 is 1.38 bits per heavy atom. The van der Waals surface area contributed by atoms with Crippen LogP contribution in [0.1, 0.15) is 16.8 Å². The van der Waals surface area contributed by atoms with E-state index >= 15 is 0 Å². The van der Waals surface area contributed by atoms with Crippen molar-refractivity contribution in [3.05, 3.63) is 29.8 Å². The third kappa shape index (κ3) is 5.13. The van der Waals surface area contributed by atoms with Gasteiger partial charge in [0.2, 0.25) is 6.17 Å². The molecule has 1 heterocycles. The summed E-state index contributed by atoms with van der Waals surface area (Å²) in [7, 11) is -1.62. The number of carbonyl (C=O) groups is 1. The molecule has 134 valence electrons. The van der Waals surface area contributed by atoms with Crippen molar-refractivity contribution in [2.24, 2.45) is 0 Å². The van der Waals surface area contributed by atoms with Crippen LogP contribution >= 0.6 is 34.8 Å². The van der Waals surface area contributed by atoms with E-state index in [1.54, 1.807) is 29.6 Å². The normalized spacial score (nSPS) is 21.2. The van der Waals surface area contributed by atoms with Crippen LogP contribution in [0, 0.1) is 0 Å². The Morgan fingerprint density at radius 3 is 2.58 bits per heavy atom. The lowest BCUT2D eigenvalue weighted by Crippen LogP contribution is -3.00. The summed E-state index contributed by atoms with van der Waals surface area (Å²) in [6.07, 6.45) is -0.484. The first-order valence-corrected chi connectivity index (χ1v) is 10.1. The van der Waals surface area contributed by atoms with Gasteiger partial charge in [-0.25, -0.2) is 8.42 Å². The van der Waals surface area contributed by atoms with Crippen LogP contribution in [0.4, 0.5) is 0 Å². The molecule has 0 spiro atoms. The predicted octanol–water partition coefficient (Wildman–Crippen LogP) is 0.872. The molecule has 3 N–H and O–H groups in total. The number of nitrogens with two attached hydrogens (primary N) is 1. The monoisotopic (exact) mass is 415 g/mol. The topological polar surface area (TPSA) is 89.1 Å². The molecule has 1 aliphatic rings. The number of alkyl halides is 3. The molecule has 1 aliphatic heterocycles. The van der Waals surface area contributed by atoms with Crippen LogP contribution in [-0.4, -0.2) is 48.9 Å². The van der Waals surface area contributed by atoms with Gasteiger partial charge in [0.25, 0.3) is 9.70 Å². The molecule has 6 nitrogen and oxygen atoms in total. The third-order valence-electron chi connectivity index (χ3n) is 3.72. The fourth-order valence-corrected chi connectivity index (χ4v) is 4.68. The molecule has 0 saturated carbocycles. The molecular formula is C14H18Cl3N2O4S+. The van der Waals surface area contributed by atoms with E-state index in [1.165, 1.54) is 7.11 Å². The molecule has 1 fully saturated rings. The highest BCUT2D eigenvalue weighted by Gasteiger charge is 2.42. The fourth-order valence-electron chi connectivity index (χ4n) is 2.54. The predicted molar refractivity (Wildman–Crippen MR) is 93.5 cm³/mol. The summed E-state index contributed by atoms with van der Waals surface area (Å²) < 4.78 is 26.5. The van der Waals surface area contributed by atoms with Crippen LogP contribution < -0.4 is 15.4 Å². The number of quaternary nitrogens is 1. The minimum atomic E-state index is -3.07. The zero-order valence-electron chi connectivity index (χ0n) is 12.8. The first kappa shape index (κ1) is 19.6. The Kier molecular flexibility index (Phi) is 6.25. The first-order chi connectivity index (χ1) is 11.1. The van der Waals surface area contributed by atoms with Crippen molar-refractivity contribution in [1.82, 2.24) is 5.32 Å². The average molecular weight is 417 g/mol. The molecule has 2 atom stereocenters. The lowest BCUT2D eigenvalue weighted by molar-refractivity contribution is -0.719. The van der Waals surface area contributed by atoms with Crippen molar-refractivity contribution >= 4 is 50.5 Å². The van der Waals surface area contributed by atoms with E-state index in [-0.39, 0.29) is 17.5 Å². The van der Waals surface area contributed by atoms with Crippen LogP contribution in [0.2, 0.25) is 0 Å². The summed E-state index contributed by atoms with van der Waals surface area (Å²) in [6, 6.07) is 6.39. The first-order valence-electron chi connectivity index (χ1n) is 7.18. The zero-order valence-corrected chi connectivity index (χ0v) is 15.9. The number of methoxy groups -OCH3 is 1. The van der Waals surface area contributed by atoms with Crippen molar-refractivity contribution in [1.29, 1.82) is 0 Å². The summed E-state index contributed by atoms with van der Waals surface area (Å²) in [5.74, 6) is 0.0121. The van der Waals surface area contributed by atoms with Gasteiger partial charge in [-0.2, -0.15) is 0 Å². The smallest absolute Gasteiger partial charge is 0.262 e. The molecule has 1 aromatic carbocycles. The molecule has 0 bridgehead atoms. The number of para-hydroxylation sites is 1. The van der Waals surface area contributed by atoms with E-state index < -0.39 is 25.7 Å².